The Kier molecular flexibility index (Phi) is 45.5. The third kappa shape index (κ3) is 45.7. The number of carbonyl (C=O) groups excluding carboxylic acids is 3. The van der Waals surface area contributed by atoms with Gasteiger partial charge in [0.25, 0.3) is 0 Å². The molecule has 6 nitrogen and oxygen atoms in total. The van der Waals surface area contributed by atoms with E-state index < -0.39 is 6.10 Å². The average molecular weight is 835 g/mol. The van der Waals surface area contributed by atoms with Crippen molar-refractivity contribution < 1.29 is 28.6 Å². The Labute approximate surface area is 369 Å². The Morgan fingerprint density at radius 3 is 1.03 bits per heavy atom. The maximum Gasteiger partial charge on any atom is 0.306 e. The maximum atomic E-state index is 12.7. The lowest BCUT2D eigenvalue weighted by Gasteiger charge is -2.18. The van der Waals surface area contributed by atoms with Gasteiger partial charge in [0.2, 0.25) is 0 Å². The van der Waals surface area contributed by atoms with E-state index in [4.69, 9.17) is 14.2 Å². The van der Waals surface area contributed by atoms with E-state index in [0.29, 0.717) is 12.8 Å². The SMILES string of the molecule is CC/C=C\C/C=C\C/C=C\C/C=C\CCCCCCCCC(=O)OCC(COC(=O)CCCCCCCCCCCC)OC(=O)CCCCC/C=C\C/C=C\C/C=C\CC. The first kappa shape index (κ1) is 56.6. The summed E-state index contributed by atoms with van der Waals surface area (Å²) < 4.78 is 16.7. The summed E-state index contributed by atoms with van der Waals surface area (Å²) >= 11 is 0. The molecule has 0 spiro atoms. The molecule has 342 valence electrons. The highest BCUT2D eigenvalue weighted by molar-refractivity contribution is 5.71. The summed E-state index contributed by atoms with van der Waals surface area (Å²) in [6, 6.07) is 0. The molecule has 0 aromatic heterocycles. The summed E-state index contributed by atoms with van der Waals surface area (Å²) in [5.74, 6) is -0.942. The van der Waals surface area contributed by atoms with Gasteiger partial charge in [-0.05, 0) is 89.9 Å². The highest BCUT2D eigenvalue weighted by Crippen LogP contribution is 2.14. The number of rotatable bonds is 43. The highest BCUT2D eigenvalue weighted by atomic mass is 16.6. The van der Waals surface area contributed by atoms with Gasteiger partial charge in [0.1, 0.15) is 13.2 Å². The predicted molar refractivity (Wildman–Crippen MR) is 256 cm³/mol. The van der Waals surface area contributed by atoms with Crippen LogP contribution in [-0.4, -0.2) is 37.2 Å². The number of ether oxygens (including phenoxy) is 3. The first-order chi connectivity index (χ1) is 29.5. The lowest BCUT2D eigenvalue weighted by Crippen LogP contribution is -2.30. The van der Waals surface area contributed by atoms with E-state index in [9.17, 15) is 14.4 Å². The van der Waals surface area contributed by atoms with E-state index in [-0.39, 0.29) is 37.5 Å². The summed E-state index contributed by atoms with van der Waals surface area (Å²) in [5, 5.41) is 0. The predicted octanol–water partition coefficient (Wildman–Crippen LogP) is 16.0. The third-order valence-corrected chi connectivity index (χ3v) is 10.1. The minimum Gasteiger partial charge on any atom is -0.462 e. The minimum absolute atomic E-state index is 0.0926. The van der Waals surface area contributed by atoms with E-state index in [2.05, 4.69) is 106 Å². The minimum atomic E-state index is -0.795. The first-order valence-corrected chi connectivity index (χ1v) is 24.6. The van der Waals surface area contributed by atoms with Gasteiger partial charge in [0.15, 0.2) is 6.10 Å². The van der Waals surface area contributed by atoms with E-state index in [0.717, 1.165) is 122 Å². The van der Waals surface area contributed by atoms with Crippen LogP contribution in [0.25, 0.3) is 0 Å². The van der Waals surface area contributed by atoms with Gasteiger partial charge in [-0.2, -0.15) is 0 Å². The van der Waals surface area contributed by atoms with Crippen molar-refractivity contribution in [2.24, 2.45) is 0 Å². The largest absolute Gasteiger partial charge is 0.462 e. The van der Waals surface area contributed by atoms with Gasteiger partial charge in [-0.1, -0.05) is 196 Å². The molecule has 0 saturated heterocycles. The Morgan fingerprint density at radius 1 is 0.350 bits per heavy atom. The fourth-order valence-corrected chi connectivity index (χ4v) is 6.50. The Morgan fingerprint density at radius 2 is 0.650 bits per heavy atom. The molecule has 0 aromatic rings. The molecule has 1 atom stereocenters. The number of hydrogen-bond donors (Lipinski definition) is 0. The molecule has 0 aromatic carbocycles. The molecule has 0 rings (SSSR count). The molecule has 0 aliphatic carbocycles. The van der Waals surface area contributed by atoms with E-state index >= 15 is 0 Å². The van der Waals surface area contributed by atoms with Crippen LogP contribution in [0.3, 0.4) is 0 Å². The van der Waals surface area contributed by atoms with Crippen molar-refractivity contribution in [1.82, 2.24) is 0 Å². The van der Waals surface area contributed by atoms with Gasteiger partial charge in [-0.3, -0.25) is 14.4 Å². The Hall–Kier alpha value is -3.41. The smallest absolute Gasteiger partial charge is 0.306 e. The highest BCUT2D eigenvalue weighted by Gasteiger charge is 2.19. The van der Waals surface area contributed by atoms with Crippen molar-refractivity contribution in [3.8, 4) is 0 Å². The van der Waals surface area contributed by atoms with Crippen molar-refractivity contribution in [3.05, 3.63) is 85.1 Å². The molecule has 0 saturated carbocycles. The molecule has 0 heterocycles. The normalized spacial score (nSPS) is 12.8. The van der Waals surface area contributed by atoms with Gasteiger partial charge in [-0.25, -0.2) is 0 Å². The number of allylic oxidation sites excluding steroid dienone is 14. The number of hydrogen-bond acceptors (Lipinski definition) is 6. The Bertz CT molecular complexity index is 1190. The van der Waals surface area contributed by atoms with Gasteiger partial charge in [0, 0.05) is 19.3 Å². The topological polar surface area (TPSA) is 78.9 Å². The lowest BCUT2D eigenvalue weighted by molar-refractivity contribution is -0.167. The second-order valence-corrected chi connectivity index (χ2v) is 16.0. The van der Waals surface area contributed by atoms with Crippen LogP contribution in [0.5, 0.6) is 0 Å². The molecule has 0 fully saturated rings. The number of unbranched alkanes of at least 4 members (excludes halogenated alkanes) is 18. The molecule has 0 radical (unpaired) electrons. The molecule has 0 amide bonds. The molecular weight excluding hydrogens is 745 g/mol. The quantitative estimate of drug-likeness (QED) is 0.0263. The lowest BCUT2D eigenvalue weighted by atomic mass is 10.1. The second kappa shape index (κ2) is 48.3. The summed E-state index contributed by atoms with van der Waals surface area (Å²) in [6.45, 7) is 6.35. The molecule has 0 aliphatic heterocycles. The zero-order valence-corrected chi connectivity index (χ0v) is 38.9. The molecule has 60 heavy (non-hydrogen) atoms. The van der Waals surface area contributed by atoms with Crippen LogP contribution >= 0.6 is 0 Å². The molecular formula is C54H90O6. The fraction of sp³-hybridized carbons (Fsp3) is 0.685. The molecule has 1 unspecified atom stereocenters. The average Bonchev–Trinajstić information content (AvgIpc) is 3.24. The van der Waals surface area contributed by atoms with Crippen LogP contribution in [0, 0.1) is 0 Å². The van der Waals surface area contributed by atoms with E-state index in [1.165, 1.54) is 57.8 Å². The van der Waals surface area contributed by atoms with Crippen molar-refractivity contribution in [2.45, 2.75) is 226 Å². The van der Waals surface area contributed by atoms with E-state index in [1.807, 2.05) is 0 Å². The molecule has 6 heteroatoms. The van der Waals surface area contributed by atoms with Crippen LogP contribution in [0.2, 0.25) is 0 Å². The number of carbonyl (C=O) groups is 3. The summed E-state index contributed by atoms with van der Waals surface area (Å²) in [5.41, 5.74) is 0. The number of esters is 3. The zero-order chi connectivity index (χ0) is 43.7. The first-order valence-electron chi connectivity index (χ1n) is 24.6. The van der Waals surface area contributed by atoms with E-state index in [1.54, 1.807) is 0 Å². The molecule has 0 bridgehead atoms. The van der Waals surface area contributed by atoms with Gasteiger partial charge >= 0.3 is 17.9 Å². The van der Waals surface area contributed by atoms with Crippen LogP contribution < -0.4 is 0 Å². The van der Waals surface area contributed by atoms with Crippen LogP contribution in [0.1, 0.15) is 220 Å². The molecule has 0 N–H and O–H groups in total. The fourth-order valence-electron chi connectivity index (χ4n) is 6.50. The summed E-state index contributed by atoms with van der Waals surface area (Å²) in [7, 11) is 0. The monoisotopic (exact) mass is 835 g/mol. The standard InChI is InChI=1S/C54H90O6/c1-4-7-10-13-16-19-22-24-25-26-27-28-29-31-32-35-38-41-44-47-53(56)59-50-51(49-58-52(55)46-43-40-37-34-21-18-15-12-9-6-3)60-54(57)48-45-42-39-36-33-30-23-20-17-14-11-8-5-2/h7-8,10-11,16-17,19-20,24-25,27-28,30,33,51H,4-6,9,12-15,18,21-23,26,29,31-32,34-50H2,1-3H3/b10-7-,11-8-,19-16-,20-17-,25-24-,28-27-,33-30-. The summed E-state index contributed by atoms with van der Waals surface area (Å²) in [4.78, 5) is 37.8. The maximum absolute atomic E-state index is 12.7. The van der Waals surface area contributed by atoms with Gasteiger partial charge in [-0.15, -0.1) is 0 Å². The van der Waals surface area contributed by atoms with Crippen molar-refractivity contribution in [1.29, 1.82) is 0 Å². The van der Waals surface area contributed by atoms with Crippen LogP contribution in [0.4, 0.5) is 0 Å². The second-order valence-electron chi connectivity index (χ2n) is 16.0. The Balaban J connectivity index is 4.40. The van der Waals surface area contributed by atoms with Crippen molar-refractivity contribution >= 4 is 17.9 Å². The van der Waals surface area contributed by atoms with Crippen LogP contribution in [-0.2, 0) is 28.6 Å². The molecule has 0 aliphatic rings. The van der Waals surface area contributed by atoms with Crippen molar-refractivity contribution in [3.63, 3.8) is 0 Å². The zero-order valence-electron chi connectivity index (χ0n) is 38.9. The van der Waals surface area contributed by atoms with Gasteiger partial charge < -0.3 is 14.2 Å². The van der Waals surface area contributed by atoms with Crippen LogP contribution in [0.15, 0.2) is 85.1 Å². The van der Waals surface area contributed by atoms with Gasteiger partial charge in [0.05, 0.1) is 0 Å². The third-order valence-electron chi connectivity index (χ3n) is 10.1. The van der Waals surface area contributed by atoms with Crippen molar-refractivity contribution in [2.75, 3.05) is 13.2 Å². The summed E-state index contributed by atoms with van der Waals surface area (Å²) in [6.07, 6.45) is 61.4.